The van der Waals surface area contributed by atoms with E-state index in [4.69, 9.17) is 9.47 Å². The van der Waals surface area contributed by atoms with E-state index in [2.05, 4.69) is 75.6 Å². The molecule has 4 aliphatic heterocycles. The van der Waals surface area contributed by atoms with E-state index in [0.717, 1.165) is 11.9 Å². The van der Waals surface area contributed by atoms with Crippen LogP contribution >= 0.6 is 0 Å². The number of carbonyl (C=O) groups excluding carboxylic acids is 1. The van der Waals surface area contributed by atoms with Gasteiger partial charge in [-0.2, -0.15) is 0 Å². The fraction of sp³-hybridized carbons (Fsp3) is 0.464. The van der Waals surface area contributed by atoms with Crippen molar-refractivity contribution in [2.45, 2.75) is 55.3 Å². The lowest BCUT2D eigenvalue weighted by atomic mass is 9.68. The van der Waals surface area contributed by atoms with Crippen LogP contribution in [0.25, 0.3) is 10.9 Å². The fourth-order valence-corrected chi connectivity index (χ4v) is 8.42. The molecule has 0 radical (unpaired) electrons. The summed E-state index contributed by atoms with van der Waals surface area (Å²) in [6, 6.07) is 17.5. The van der Waals surface area contributed by atoms with E-state index in [1.807, 2.05) is 7.05 Å². The van der Waals surface area contributed by atoms with Crippen LogP contribution in [0, 0.1) is 5.92 Å². The minimum atomic E-state index is -0.679. The number of methoxy groups -OCH3 is 1. The van der Waals surface area contributed by atoms with Gasteiger partial charge in [-0.05, 0) is 37.2 Å². The standard InChI is InChI=1S/C28H30N4O3/c1-28-26(34-3)17(29-2)12-20(35-28)31-18-10-6-4-8-14(18)22-23-16(13-30-27(23)33)21-15-9-5-7-11-19(15)32(28)25(21)24(22)31/h4-11,16-17,20-21,23,25-26,29H,12-13H2,1-3H3,(H,30,33)/t16?,17-,20-,21?,23?,25?,26-,28+/m1/s1. The third-order valence-corrected chi connectivity index (χ3v) is 9.55. The van der Waals surface area contributed by atoms with Gasteiger partial charge in [-0.15, -0.1) is 0 Å². The molecule has 2 fully saturated rings. The van der Waals surface area contributed by atoms with Crippen LogP contribution in [0.1, 0.15) is 54.3 Å². The predicted octanol–water partition coefficient (Wildman–Crippen LogP) is 3.38. The molecule has 2 bridgehead atoms. The van der Waals surface area contributed by atoms with E-state index in [1.165, 1.54) is 27.9 Å². The summed E-state index contributed by atoms with van der Waals surface area (Å²) in [6.45, 7) is 2.91. The molecule has 2 aromatic carbocycles. The van der Waals surface area contributed by atoms with Gasteiger partial charge in [0.15, 0.2) is 5.72 Å². The van der Waals surface area contributed by atoms with Crippen molar-refractivity contribution in [2.24, 2.45) is 5.92 Å². The number of likely N-dealkylation sites (N-methyl/N-ethyl adjacent to an activating group) is 1. The van der Waals surface area contributed by atoms with Crippen molar-refractivity contribution in [2.75, 3.05) is 25.6 Å². The first-order valence-corrected chi connectivity index (χ1v) is 12.7. The van der Waals surface area contributed by atoms with Crippen molar-refractivity contribution in [1.29, 1.82) is 0 Å². The highest BCUT2D eigenvalue weighted by atomic mass is 16.6. The molecule has 1 amide bonds. The normalized spacial score (nSPS) is 38.1. The lowest BCUT2D eigenvalue weighted by Crippen LogP contribution is -2.66. The molecule has 1 aliphatic carbocycles. The van der Waals surface area contributed by atoms with Crippen molar-refractivity contribution in [3.8, 4) is 0 Å². The molecule has 7 nitrogen and oxygen atoms in total. The molecule has 1 aromatic heterocycles. The smallest absolute Gasteiger partial charge is 0.228 e. The number of para-hydroxylation sites is 2. The van der Waals surface area contributed by atoms with Gasteiger partial charge in [0.2, 0.25) is 5.91 Å². The average molecular weight is 471 g/mol. The van der Waals surface area contributed by atoms with Crippen molar-refractivity contribution in [3.05, 3.63) is 65.4 Å². The van der Waals surface area contributed by atoms with E-state index in [0.29, 0.717) is 6.54 Å². The summed E-state index contributed by atoms with van der Waals surface area (Å²) in [4.78, 5) is 15.9. The Morgan fingerprint density at radius 2 is 1.97 bits per heavy atom. The second-order valence-corrected chi connectivity index (χ2v) is 10.9. The molecule has 8 rings (SSSR count). The number of nitrogens with zero attached hydrogens (tertiary/aromatic N) is 2. The fourth-order valence-electron chi connectivity index (χ4n) is 8.42. The Balaban J connectivity index is 1.52. The summed E-state index contributed by atoms with van der Waals surface area (Å²) < 4.78 is 15.8. The third kappa shape index (κ3) is 2.22. The maximum absolute atomic E-state index is 13.4. The van der Waals surface area contributed by atoms with Gasteiger partial charge in [0.25, 0.3) is 0 Å². The zero-order valence-electron chi connectivity index (χ0n) is 20.2. The van der Waals surface area contributed by atoms with Crippen LogP contribution in [0.2, 0.25) is 0 Å². The Hall–Kier alpha value is -2.87. The van der Waals surface area contributed by atoms with Crippen LogP contribution in [0.3, 0.4) is 0 Å². The number of hydrogen-bond donors (Lipinski definition) is 2. The first kappa shape index (κ1) is 20.3. The van der Waals surface area contributed by atoms with Crippen LogP contribution in [-0.2, 0) is 14.3 Å². The summed E-state index contributed by atoms with van der Waals surface area (Å²) in [7, 11) is 3.81. The van der Waals surface area contributed by atoms with Crippen molar-refractivity contribution in [1.82, 2.24) is 15.2 Å². The molecule has 180 valence electrons. The number of benzene rings is 2. The van der Waals surface area contributed by atoms with Gasteiger partial charge in [-0.3, -0.25) is 4.79 Å². The number of hydrogen-bond acceptors (Lipinski definition) is 5. The molecule has 0 spiro atoms. The molecule has 5 aliphatic rings. The first-order chi connectivity index (χ1) is 17.1. The Labute approximate surface area is 204 Å². The Kier molecular flexibility index (Phi) is 3.87. The largest absolute Gasteiger partial charge is 0.375 e. The average Bonchev–Trinajstić information content (AvgIpc) is 3.51. The second kappa shape index (κ2) is 6.66. The van der Waals surface area contributed by atoms with Gasteiger partial charge in [0, 0.05) is 54.7 Å². The zero-order valence-corrected chi connectivity index (χ0v) is 20.2. The minimum Gasteiger partial charge on any atom is -0.375 e. The molecular weight excluding hydrogens is 440 g/mol. The minimum absolute atomic E-state index is 0.0759. The van der Waals surface area contributed by atoms with Crippen LogP contribution in [0.5, 0.6) is 0 Å². The van der Waals surface area contributed by atoms with E-state index in [1.54, 1.807) is 7.11 Å². The summed E-state index contributed by atoms with van der Waals surface area (Å²) in [5, 5.41) is 7.96. The number of amides is 1. The Bertz CT molecular complexity index is 1400. The highest BCUT2D eigenvalue weighted by Crippen LogP contribution is 2.66. The second-order valence-electron chi connectivity index (χ2n) is 10.9. The SMILES string of the molecule is CN[C@@H]1C[C@H]2O[C@@](C)([C@@H]1OC)N1c3ccccc3C3C4CNC(=O)C4c4c(n2c2ccccc42)C31. The molecule has 8 atom stereocenters. The quantitative estimate of drug-likeness (QED) is 0.601. The molecule has 0 saturated carbocycles. The summed E-state index contributed by atoms with van der Waals surface area (Å²) in [5.41, 5.74) is 5.46. The van der Waals surface area contributed by atoms with E-state index in [-0.39, 0.29) is 48.1 Å². The number of ether oxygens (including phenoxy) is 2. The molecule has 4 unspecified atom stereocenters. The van der Waals surface area contributed by atoms with Crippen molar-refractivity contribution in [3.63, 3.8) is 0 Å². The van der Waals surface area contributed by atoms with E-state index < -0.39 is 5.72 Å². The Morgan fingerprint density at radius 3 is 2.80 bits per heavy atom. The highest BCUT2D eigenvalue weighted by Gasteiger charge is 2.65. The van der Waals surface area contributed by atoms with Gasteiger partial charge in [0.05, 0.1) is 17.5 Å². The zero-order chi connectivity index (χ0) is 23.6. The van der Waals surface area contributed by atoms with Gasteiger partial charge in [-0.25, -0.2) is 0 Å². The summed E-state index contributed by atoms with van der Waals surface area (Å²) in [5.74, 6) is 0.421. The predicted molar refractivity (Wildman–Crippen MR) is 132 cm³/mol. The summed E-state index contributed by atoms with van der Waals surface area (Å²) >= 11 is 0. The number of fused-ring (bicyclic) bond motifs is 13. The molecule has 35 heavy (non-hydrogen) atoms. The lowest BCUT2D eigenvalue weighted by Gasteiger charge is -2.53. The topological polar surface area (TPSA) is 67.8 Å². The number of aromatic nitrogens is 1. The monoisotopic (exact) mass is 470 g/mol. The maximum atomic E-state index is 13.4. The van der Waals surface area contributed by atoms with Gasteiger partial charge >= 0.3 is 0 Å². The van der Waals surface area contributed by atoms with Crippen LogP contribution in [0.15, 0.2) is 48.5 Å². The van der Waals surface area contributed by atoms with Crippen LogP contribution in [-0.4, -0.2) is 49.0 Å². The number of carbonyl (C=O) groups is 1. The third-order valence-electron chi connectivity index (χ3n) is 9.55. The first-order valence-electron chi connectivity index (χ1n) is 12.7. The molecule has 2 saturated heterocycles. The van der Waals surface area contributed by atoms with E-state index in [9.17, 15) is 4.79 Å². The van der Waals surface area contributed by atoms with Crippen LogP contribution < -0.4 is 15.5 Å². The Morgan fingerprint density at radius 1 is 1.17 bits per heavy atom. The highest BCUT2D eigenvalue weighted by molar-refractivity contribution is 5.97. The van der Waals surface area contributed by atoms with Gasteiger partial charge in [-0.1, -0.05) is 36.4 Å². The van der Waals surface area contributed by atoms with Gasteiger partial charge in [0.1, 0.15) is 12.3 Å². The van der Waals surface area contributed by atoms with Crippen LogP contribution in [0.4, 0.5) is 5.69 Å². The number of anilines is 1. The van der Waals surface area contributed by atoms with Gasteiger partial charge < -0.3 is 29.6 Å². The molecule has 3 aromatic rings. The number of nitrogens with one attached hydrogen (secondary N) is 2. The number of rotatable bonds is 2. The molecule has 2 N–H and O–H groups in total. The van der Waals surface area contributed by atoms with E-state index >= 15 is 0 Å². The maximum Gasteiger partial charge on any atom is 0.228 e. The van der Waals surface area contributed by atoms with Crippen molar-refractivity contribution >= 4 is 22.5 Å². The lowest BCUT2D eigenvalue weighted by molar-refractivity contribution is -0.217. The van der Waals surface area contributed by atoms with Crippen molar-refractivity contribution < 1.29 is 14.3 Å². The molecule has 5 heterocycles. The molecular formula is C28H30N4O3. The molecule has 7 heteroatoms. The summed E-state index contributed by atoms with van der Waals surface area (Å²) in [6.07, 6.45) is 0.482.